The van der Waals surface area contributed by atoms with E-state index < -0.39 is 0 Å². The molecule has 0 atom stereocenters. The van der Waals surface area contributed by atoms with Crippen LogP contribution < -0.4 is 0 Å². The number of rotatable bonds is 12. The molecule has 0 bridgehead atoms. The van der Waals surface area contributed by atoms with E-state index in [4.69, 9.17) is 0 Å². The molecule has 0 spiro atoms. The first-order valence-corrected chi connectivity index (χ1v) is 11.6. The Morgan fingerprint density at radius 3 is 1.40 bits per heavy atom. The Balaban J connectivity index is 1.58. The molecule has 0 aliphatic heterocycles. The highest BCUT2D eigenvalue weighted by Crippen LogP contribution is 2.37. The van der Waals surface area contributed by atoms with Gasteiger partial charge in [0.25, 0.3) is 0 Å². The second-order valence-electron chi connectivity index (χ2n) is 9.32. The van der Waals surface area contributed by atoms with E-state index in [0.29, 0.717) is 0 Å². The maximum Gasteiger partial charge on any atom is 0.194 e. The van der Waals surface area contributed by atoms with Gasteiger partial charge in [-0.15, -0.1) is 0 Å². The number of hydrogen-bond acceptors (Lipinski definition) is 3. The molecule has 3 nitrogen and oxygen atoms in total. The number of carbonyl (C=O) groups is 1. The molecule has 0 aromatic heterocycles. The van der Waals surface area contributed by atoms with E-state index in [1.165, 1.54) is 49.7 Å². The van der Waals surface area contributed by atoms with Crippen LogP contribution in [0.5, 0.6) is 0 Å². The first kappa shape index (κ1) is 22.7. The van der Waals surface area contributed by atoms with Crippen LogP contribution in [0.1, 0.15) is 65.6 Å². The van der Waals surface area contributed by atoms with Crippen molar-refractivity contribution in [1.82, 2.24) is 9.80 Å². The van der Waals surface area contributed by atoms with Gasteiger partial charge in [0.2, 0.25) is 0 Å². The van der Waals surface area contributed by atoms with Crippen LogP contribution >= 0.6 is 0 Å². The highest BCUT2D eigenvalue weighted by Gasteiger charge is 2.26. The number of carbonyl (C=O) groups excluding carboxylic acids is 1. The maximum atomic E-state index is 13.1. The smallest absolute Gasteiger partial charge is 0.194 e. The molecule has 2 aromatic carbocycles. The number of unbranched alkanes of at least 4 members (excludes halogenated alkanes) is 4. The zero-order valence-electron chi connectivity index (χ0n) is 19.3. The number of aryl methyl sites for hydroxylation is 2. The minimum atomic E-state index is 0.212. The summed E-state index contributed by atoms with van der Waals surface area (Å²) >= 11 is 0. The average Bonchev–Trinajstić information content (AvgIpc) is 2.98. The van der Waals surface area contributed by atoms with Crippen molar-refractivity contribution in [3.63, 3.8) is 0 Å². The van der Waals surface area contributed by atoms with Gasteiger partial charge in [0, 0.05) is 11.1 Å². The van der Waals surface area contributed by atoms with Crippen molar-refractivity contribution in [2.24, 2.45) is 0 Å². The predicted molar refractivity (Wildman–Crippen MR) is 128 cm³/mol. The van der Waals surface area contributed by atoms with Gasteiger partial charge in [-0.1, -0.05) is 37.1 Å². The zero-order chi connectivity index (χ0) is 21.5. The molecule has 3 heteroatoms. The molecular weight excluding hydrogens is 368 g/mol. The third-order valence-corrected chi connectivity index (χ3v) is 6.09. The normalized spacial score (nSPS) is 12.7. The molecule has 2 aromatic rings. The summed E-state index contributed by atoms with van der Waals surface area (Å²) < 4.78 is 0. The van der Waals surface area contributed by atoms with Crippen LogP contribution in [-0.2, 0) is 12.8 Å². The topological polar surface area (TPSA) is 23.6 Å². The maximum absolute atomic E-state index is 13.1. The molecule has 0 fully saturated rings. The molecule has 1 aliphatic rings. The number of benzene rings is 2. The Kier molecular flexibility index (Phi) is 8.24. The van der Waals surface area contributed by atoms with E-state index in [9.17, 15) is 4.79 Å². The predicted octanol–water partition coefficient (Wildman–Crippen LogP) is 5.45. The van der Waals surface area contributed by atoms with Crippen LogP contribution in [-0.4, -0.2) is 56.9 Å². The Morgan fingerprint density at radius 1 is 0.567 bits per heavy atom. The summed E-state index contributed by atoms with van der Waals surface area (Å²) in [4.78, 5) is 17.6. The summed E-state index contributed by atoms with van der Waals surface area (Å²) in [7, 11) is 8.50. The molecule has 0 saturated carbocycles. The monoisotopic (exact) mass is 406 g/mol. The fraction of sp³-hybridized carbons (Fsp3) is 0.519. The Bertz CT molecular complexity index is 784. The Morgan fingerprint density at radius 2 is 1.00 bits per heavy atom. The molecule has 0 saturated heterocycles. The first-order chi connectivity index (χ1) is 14.5. The van der Waals surface area contributed by atoms with Crippen LogP contribution in [0.25, 0.3) is 11.1 Å². The molecule has 0 amide bonds. The molecule has 1 aliphatic carbocycles. The number of hydrogen-bond donors (Lipinski definition) is 0. The second kappa shape index (κ2) is 10.9. The highest BCUT2D eigenvalue weighted by molar-refractivity contribution is 6.21. The van der Waals surface area contributed by atoms with Crippen LogP contribution in [0.4, 0.5) is 0 Å². The molecule has 0 heterocycles. The Labute approximate surface area is 183 Å². The summed E-state index contributed by atoms with van der Waals surface area (Å²) in [6, 6.07) is 13.0. The van der Waals surface area contributed by atoms with Gasteiger partial charge in [0.1, 0.15) is 0 Å². The van der Waals surface area contributed by atoms with Crippen molar-refractivity contribution in [2.45, 2.75) is 51.4 Å². The van der Waals surface area contributed by atoms with Crippen molar-refractivity contribution in [3.05, 3.63) is 58.7 Å². The van der Waals surface area contributed by atoms with Crippen LogP contribution in [0.3, 0.4) is 0 Å². The quantitative estimate of drug-likeness (QED) is 0.374. The second-order valence-corrected chi connectivity index (χ2v) is 9.32. The minimum Gasteiger partial charge on any atom is -0.309 e. The van der Waals surface area contributed by atoms with Gasteiger partial charge in [0.15, 0.2) is 5.78 Å². The fourth-order valence-corrected chi connectivity index (χ4v) is 4.35. The van der Waals surface area contributed by atoms with Crippen LogP contribution in [0.15, 0.2) is 36.4 Å². The van der Waals surface area contributed by atoms with E-state index in [1.807, 2.05) is 0 Å². The molecule has 0 unspecified atom stereocenters. The third kappa shape index (κ3) is 6.02. The Hall–Kier alpha value is -1.97. The molecule has 30 heavy (non-hydrogen) atoms. The molecule has 3 rings (SSSR count). The largest absolute Gasteiger partial charge is 0.309 e. The number of nitrogens with zero attached hydrogens (tertiary/aromatic N) is 2. The fourth-order valence-electron chi connectivity index (χ4n) is 4.35. The van der Waals surface area contributed by atoms with E-state index >= 15 is 0 Å². The van der Waals surface area contributed by atoms with E-state index in [1.54, 1.807) is 0 Å². The summed E-state index contributed by atoms with van der Waals surface area (Å²) in [5, 5.41) is 0. The van der Waals surface area contributed by atoms with E-state index in [-0.39, 0.29) is 5.78 Å². The first-order valence-electron chi connectivity index (χ1n) is 11.6. The molecule has 0 N–H and O–H groups in total. The van der Waals surface area contributed by atoms with E-state index in [0.717, 1.165) is 48.2 Å². The number of ketones is 1. The van der Waals surface area contributed by atoms with Crippen molar-refractivity contribution in [2.75, 3.05) is 41.3 Å². The summed E-state index contributed by atoms with van der Waals surface area (Å²) in [6.07, 6.45) is 9.44. The lowest BCUT2D eigenvalue weighted by Gasteiger charge is -2.09. The number of fused-ring (bicyclic) bond motifs is 3. The standard InChI is InChI=1S/C27H38N2O/c1-28(2)17-9-5-7-11-21-13-15-23-24-16-14-22(12-8-6-10-18-29(3)4)20-26(24)27(30)25(23)19-21/h13-16,19-20H,5-12,17-18H2,1-4H3. The lowest BCUT2D eigenvalue weighted by molar-refractivity contribution is 0.104. The zero-order valence-corrected chi connectivity index (χ0v) is 19.3. The van der Waals surface area contributed by atoms with Crippen molar-refractivity contribution >= 4 is 5.78 Å². The van der Waals surface area contributed by atoms with Gasteiger partial charge in [-0.3, -0.25) is 4.79 Å². The lowest BCUT2D eigenvalue weighted by atomic mass is 9.99. The van der Waals surface area contributed by atoms with Gasteiger partial charge in [-0.2, -0.15) is 0 Å². The van der Waals surface area contributed by atoms with Gasteiger partial charge < -0.3 is 9.80 Å². The average molecular weight is 407 g/mol. The highest BCUT2D eigenvalue weighted by atomic mass is 16.1. The molecular formula is C27H38N2O. The van der Waals surface area contributed by atoms with Crippen LogP contribution in [0.2, 0.25) is 0 Å². The van der Waals surface area contributed by atoms with Crippen molar-refractivity contribution < 1.29 is 4.79 Å². The van der Waals surface area contributed by atoms with Gasteiger partial charge in [-0.25, -0.2) is 0 Å². The van der Waals surface area contributed by atoms with Gasteiger partial charge >= 0.3 is 0 Å². The third-order valence-electron chi connectivity index (χ3n) is 6.09. The lowest BCUT2D eigenvalue weighted by Crippen LogP contribution is -2.12. The van der Waals surface area contributed by atoms with Crippen molar-refractivity contribution in [1.29, 1.82) is 0 Å². The van der Waals surface area contributed by atoms with Gasteiger partial charge in [-0.05, 0) is 114 Å². The minimum absolute atomic E-state index is 0.212. The molecule has 162 valence electrons. The summed E-state index contributed by atoms with van der Waals surface area (Å²) in [5.41, 5.74) is 6.62. The summed E-state index contributed by atoms with van der Waals surface area (Å²) in [6.45, 7) is 2.30. The van der Waals surface area contributed by atoms with Crippen LogP contribution in [0, 0.1) is 0 Å². The van der Waals surface area contributed by atoms with Gasteiger partial charge in [0.05, 0.1) is 0 Å². The van der Waals surface area contributed by atoms with E-state index in [2.05, 4.69) is 74.4 Å². The summed E-state index contributed by atoms with van der Waals surface area (Å²) in [5.74, 6) is 0.212. The molecule has 0 radical (unpaired) electrons. The van der Waals surface area contributed by atoms with Crippen molar-refractivity contribution in [3.8, 4) is 11.1 Å². The SMILES string of the molecule is CN(C)CCCCCc1ccc2c(c1)C(=O)c1cc(CCCCCN(C)C)ccc1-2.